The number of hydrogen-bond donors (Lipinski definition) is 0. The smallest absolute Gasteiger partial charge is 0.261 e. The lowest BCUT2D eigenvalue weighted by Gasteiger charge is -2.25. The van der Waals surface area contributed by atoms with E-state index < -0.39 is 0 Å². The largest absolute Gasteiger partial charge is 0.497 e. The Bertz CT molecular complexity index is 745. The van der Waals surface area contributed by atoms with Crippen LogP contribution in [0.3, 0.4) is 0 Å². The molecule has 4 nitrogen and oxygen atoms in total. The van der Waals surface area contributed by atoms with E-state index in [1.54, 1.807) is 19.2 Å². The van der Waals surface area contributed by atoms with Crippen molar-refractivity contribution in [3.63, 3.8) is 0 Å². The molecule has 0 unspecified atom stereocenters. The Labute approximate surface area is 153 Å². The van der Waals surface area contributed by atoms with Crippen LogP contribution in [0.25, 0.3) is 0 Å². The van der Waals surface area contributed by atoms with E-state index in [0.717, 1.165) is 36.3 Å². The highest BCUT2D eigenvalue weighted by Gasteiger charge is 2.30. The first-order chi connectivity index (χ1) is 12.1. The van der Waals surface area contributed by atoms with Crippen molar-refractivity contribution in [2.24, 2.45) is 0 Å². The molecule has 2 aromatic rings. The standard InChI is InChI=1S/C20H22ClNO3/c1-14-12-17(9-10-18(14)21)25-13-20(23)22-11-3-4-19(22)15-5-7-16(24-2)8-6-15/h5-10,12,19H,3-4,11,13H2,1-2H3/t19-/m1/s1. The Balaban J connectivity index is 1.64. The van der Waals surface area contributed by atoms with E-state index in [1.165, 1.54) is 0 Å². The maximum atomic E-state index is 12.6. The summed E-state index contributed by atoms with van der Waals surface area (Å²) in [7, 11) is 1.65. The zero-order valence-corrected chi connectivity index (χ0v) is 15.3. The van der Waals surface area contributed by atoms with Gasteiger partial charge in [-0.1, -0.05) is 23.7 Å². The van der Waals surface area contributed by atoms with Gasteiger partial charge in [0.25, 0.3) is 5.91 Å². The van der Waals surface area contributed by atoms with Crippen molar-refractivity contribution in [1.82, 2.24) is 4.90 Å². The van der Waals surface area contributed by atoms with Gasteiger partial charge >= 0.3 is 0 Å². The molecule has 0 radical (unpaired) electrons. The van der Waals surface area contributed by atoms with Crippen molar-refractivity contribution in [2.45, 2.75) is 25.8 Å². The molecule has 3 rings (SSSR count). The Morgan fingerprint density at radius 1 is 1.20 bits per heavy atom. The van der Waals surface area contributed by atoms with Crippen LogP contribution in [0.5, 0.6) is 11.5 Å². The third kappa shape index (κ3) is 4.07. The molecule has 1 aliphatic heterocycles. The summed E-state index contributed by atoms with van der Waals surface area (Å²) in [6.45, 7) is 2.71. The number of methoxy groups -OCH3 is 1. The Morgan fingerprint density at radius 3 is 2.60 bits per heavy atom. The van der Waals surface area contributed by atoms with Crippen LogP contribution in [0.1, 0.15) is 30.0 Å². The highest BCUT2D eigenvalue weighted by atomic mass is 35.5. The van der Waals surface area contributed by atoms with Gasteiger partial charge in [0.05, 0.1) is 13.2 Å². The van der Waals surface area contributed by atoms with Gasteiger partial charge in [0.15, 0.2) is 6.61 Å². The van der Waals surface area contributed by atoms with Crippen LogP contribution >= 0.6 is 11.6 Å². The van der Waals surface area contributed by atoms with Crippen LogP contribution in [-0.4, -0.2) is 31.1 Å². The first kappa shape index (κ1) is 17.6. The van der Waals surface area contributed by atoms with Gasteiger partial charge in [-0.3, -0.25) is 4.79 Å². The topological polar surface area (TPSA) is 38.8 Å². The summed E-state index contributed by atoms with van der Waals surface area (Å²) in [5.41, 5.74) is 2.07. The number of hydrogen-bond acceptors (Lipinski definition) is 3. The Hall–Kier alpha value is -2.20. The van der Waals surface area contributed by atoms with Gasteiger partial charge in [-0.15, -0.1) is 0 Å². The molecule has 0 aromatic heterocycles. The number of carbonyl (C=O) groups excluding carboxylic acids is 1. The number of rotatable bonds is 5. The van der Waals surface area contributed by atoms with Gasteiger partial charge < -0.3 is 14.4 Å². The summed E-state index contributed by atoms with van der Waals surface area (Å²) >= 11 is 6.02. The summed E-state index contributed by atoms with van der Waals surface area (Å²) in [5.74, 6) is 1.49. The third-order valence-electron chi connectivity index (χ3n) is 4.57. The number of aryl methyl sites for hydroxylation is 1. The zero-order chi connectivity index (χ0) is 17.8. The van der Waals surface area contributed by atoms with E-state index in [0.29, 0.717) is 10.8 Å². The van der Waals surface area contributed by atoms with Gasteiger partial charge in [0, 0.05) is 11.6 Å². The third-order valence-corrected chi connectivity index (χ3v) is 4.99. The monoisotopic (exact) mass is 359 g/mol. The number of amides is 1. The van der Waals surface area contributed by atoms with E-state index in [4.69, 9.17) is 21.1 Å². The Morgan fingerprint density at radius 2 is 1.92 bits per heavy atom. The second-order valence-electron chi connectivity index (χ2n) is 6.22. The lowest BCUT2D eigenvalue weighted by molar-refractivity contribution is -0.134. The van der Waals surface area contributed by atoms with Crippen LogP contribution in [0.2, 0.25) is 5.02 Å². The van der Waals surface area contributed by atoms with Gasteiger partial charge in [-0.25, -0.2) is 0 Å². The second kappa shape index (κ2) is 7.79. The fraction of sp³-hybridized carbons (Fsp3) is 0.350. The van der Waals surface area contributed by atoms with Crippen LogP contribution in [0.4, 0.5) is 0 Å². The lowest BCUT2D eigenvalue weighted by Crippen LogP contribution is -2.34. The van der Waals surface area contributed by atoms with Crippen molar-refractivity contribution in [2.75, 3.05) is 20.3 Å². The van der Waals surface area contributed by atoms with Gasteiger partial charge in [0.2, 0.25) is 0 Å². The summed E-state index contributed by atoms with van der Waals surface area (Å²) < 4.78 is 10.9. The number of ether oxygens (including phenoxy) is 2. The Kier molecular flexibility index (Phi) is 5.49. The van der Waals surface area contributed by atoms with Crippen LogP contribution in [-0.2, 0) is 4.79 Å². The number of carbonyl (C=O) groups is 1. The molecule has 0 saturated carbocycles. The summed E-state index contributed by atoms with van der Waals surface area (Å²) in [5, 5.41) is 0.692. The minimum absolute atomic E-state index is 0.00548. The van der Waals surface area contributed by atoms with Crippen molar-refractivity contribution in [1.29, 1.82) is 0 Å². The quantitative estimate of drug-likeness (QED) is 0.794. The van der Waals surface area contributed by atoms with Crippen molar-refractivity contribution in [3.8, 4) is 11.5 Å². The van der Waals surface area contributed by atoms with Crippen LogP contribution in [0, 0.1) is 6.92 Å². The SMILES string of the molecule is COc1ccc([C@H]2CCCN2C(=O)COc2ccc(Cl)c(C)c2)cc1. The normalized spacial score (nSPS) is 16.8. The summed E-state index contributed by atoms with van der Waals surface area (Å²) in [4.78, 5) is 14.5. The highest BCUT2D eigenvalue weighted by molar-refractivity contribution is 6.31. The molecule has 0 N–H and O–H groups in total. The molecule has 0 aliphatic carbocycles. The first-order valence-electron chi connectivity index (χ1n) is 8.41. The molecule has 0 spiro atoms. The molecule has 1 atom stereocenters. The van der Waals surface area contributed by atoms with Gasteiger partial charge in [0.1, 0.15) is 11.5 Å². The molecule has 1 amide bonds. The van der Waals surface area contributed by atoms with Crippen LogP contribution in [0.15, 0.2) is 42.5 Å². The maximum Gasteiger partial charge on any atom is 0.261 e. The molecule has 132 valence electrons. The maximum absolute atomic E-state index is 12.6. The van der Waals surface area contributed by atoms with E-state index in [-0.39, 0.29) is 18.6 Å². The van der Waals surface area contributed by atoms with E-state index in [1.807, 2.05) is 42.2 Å². The van der Waals surface area contributed by atoms with Gasteiger partial charge in [-0.05, 0) is 61.2 Å². The van der Waals surface area contributed by atoms with Crippen molar-refractivity contribution < 1.29 is 14.3 Å². The fourth-order valence-corrected chi connectivity index (χ4v) is 3.29. The number of halogens is 1. The van der Waals surface area contributed by atoms with E-state index in [9.17, 15) is 4.79 Å². The minimum Gasteiger partial charge on any atom is -0.497 e. The molecule has 1 fully saturated rings. The average molecular weight is 360 g/mol. The highest BCUT2D eigenvalue weighted by Crippen LogP contribution is 2.33. The predicted octanol–water partition coefficient (Wildman–Crippen LogP) is 4.40. The summed E-state index contributed by atoms with van der Waals surface area (Å²) in [6, 6.07) is 13.4. The zero-order valence-electron chi connectivity index (χ0n) is 14.5. The number of benzene rings is 2. The second-order valence-corrected chi connectivity index (χ2v) is 6.63. The van der Waals surface area contributed by atoms with Crippen LogP contribution < -0.4 is 9.47 Å². The molecule has 1 saturated heterocycles. The van der Waals surface area contributed by atoms with Crippen molar-refractivity contribution >= 4 is 17.5 Å². The number of likely N-dealkylation sites (tertiary alicyclic amines) is 1. The molecular weight excluding hydrogens is 338 g/mol. The predicted molar refractivity (Wildman–Crippen MR) is 98.4 cm³/mol. The van der Waals surface area contributed by atoms with E-state index in [2.05, 4.69) is 0 Å². The number of nitrogens with zero attached hydrogens (tertiary/aromatic N) is 1. The molecule has 1 aliphatic rings. The molecule has 2 aromatic carbocycles. The molecule has 1 heterocycles. The molecular formula is C20H22ClNO3. The first-order valence-corrected chi connectivity index (χ1v) is 8.78. The minimum atomic E-state index is 0.00548. The molecule has 25 heavy (non-hydrogen) atoms. The van der Waals surface area contributed by atoms with Crippen molar-refractivity contribution in [3.05, 3.63) is 58.6 Å². The van der Waals surface area contributed by atoms with Gasteiger partial charge in [-0.2, -0.15) is 0 Å². The lowest BCUT2D eigenvalue weighted by atomic mass is 10.0. The molecule has 5 heteroatoms. The molecule has 0 bridgehead atoms. The fourth-order valence-electron chi connectivity index (χ4n) is 3.17. The summed E-state index contributed by atoms with van der Waals surface area (Å²) in [6.07, 6.45) is 1.97. The average Bonchev–Trinajstić information content (AvgIpc) is 3.12. The van der Waals surface area contributed by atoms with E-state index >= 15 is 0 Å².